The van der Waals surface area contributed by atoms with Crippen molar-refractivity contribution in [2.75, 3.05) is 23.3 Å². The monoisotopic (exact) mass is 395 g/mol. The summed E-state index contributed by atoms with van der Waals surface area (Å²) in [6, 6.07) is 3.97. The largest absolute Gasteiger partial charge is 0.353 e. The quantitative estimate of drug-likeness (QED) is 0.498. The molecule has 7 nitrogen and oxygen atoms in total. The maximum Gasteiger partial charge on any atom is 0.353 e. The summed E-state index contributed by atoms with van der Waals surface area (Å²) in [6.45, 7) is 9.41. The standard InChI is InChI=1S/C18H23ClFN5O2/c1-11(2)8-24(9-12(3)4)18-16(25(26)27)17(21-10-22-18)23-13-5-6-15(20)14(19)7-13/h5-7,10-12H,8-9H2,1-4H3,(H,21,22,23). The molecule has 0 saturated heterocycles. The number of anilines is 3. The van der Waals surface area contributed by atoms with Crippen LogP contribution in [0.3, 0.4) is 0 Å². The van der Waals surface area contributed by atoms with Gasteiger partial charge in [0.2, 0.25) is 11.6 Å². The van der Waals surface area contributed by atoms with E-state index in [1.807, 2.05) is 32.6 Å². The summed E-state index contributed by atoms with van der Waals surface area (Å²) in [5.74, 6) is 0.315. The molecule has 0 aliphatic rings. The van der Waals surface area contributed by atoms with E-state index in [2.05, 4.69) is 15.3 Å². The van der Waals surface area contributed by atoms with Crippen LogP contribution in [0.1, 0.15) is 27.7 Å². The molecule has 0 atom stereocenters. The molecule has 0 bridgehead atoms. The van der Waals surface area contributed by atoms with Gasteiger partial charge in [-0.25, -0.2) is 14.4 Å². The first kappa shape index (κ1) is 20.8. The molecule has 0 spiro atoms. The Morgan fingerprint density at radius 3 is 2.37 bits per heavy atom. The van der Waals surface area contributed by atoms with Gasteiger partial charge in [0.05, 0.1) is 9.95 Å². The lowest BCUT2D eigenvalue weighted by Gasteiger charge is -2.27. The van der Waals surface area contributed by atoms with E-state index in [1.54, 1.807) is 0 Å². The average Bonchev–Trinajstić information content (AvgIpc) is 2.56. The number of rotatable bonds is 8. The first-order valence-corrected chi connectivity index (χ1v) is 9.03. The first-order chi connectivity index (χ1) is 12.7. The van der Waals surface area contributed by atoms with Crippen molar-refractivity contribution in [1.29, 1.82) is 0 Å². The van der Waals surface area contributed by atoms with Crippen molar-refractivity contribution < 1.29 is 9.31 Å². The van der Waals surface area contributed by atoms with Crippen molar-refractivity contribution in [2.45, 2.75) is 27.7 Å². The molecule has 0 radical (unpaired) electrons. The summed E-state index contributed by atoms with van der Waals surface area (Å²) in [4.78, 5) is 21.4. The van der Waals surface area contributed by atoms with Gasteiger partial charge in [-0.05, 0) is 30.0 Å². The van der Waals surface area contributed by atoms with E-state index >= 15 is 0 Å². The third-order valence-electron chi connectivity index (χ3n) is 3.64. The zero-order chi connectivity index (χ0) is 20.1. The molecule has 0 saturated carbocycles. The molecule has 1 aromatic carbocycles. The third-order valence-corrected chi connectivity index (χ3v) is 3.93. The Hall–Kier alpha value is -2.48. The molecule has 0 aliphatic heterocycles. The van der Waals surface area contributed by atoms with E-state index in [0.29, 0.717) is 30.6 Å². The Balaban J connectivity index is 2.48. The minimum Gasteiger partial charge on any atom is -0.350 e. The van der Waals surface area contributed by atoms with Gasteiger partial charge in [-0.1, -0.05) is 39.3 Å². The third kappa shape index (κ3) is 5.50. The van der Waals surface area contributed by atoms with Gasteiger partial charge in [0.25, 0.3) is 0 Å². The maximum absolute atomic E-state index is 13.4. The molecule has 0 fully saturated rings. The molecule has 2 aromatic rings. The van der Waals surface area contributed by atoms with Gasteiger partial charge in [-0.2, -0.15) is 0 Å². The zero-order valence-corrected chi connectivity index (χ0v) is 16.5. The molecule has 146 valence electrons. The zero-order valence-electron chi connectivity index (χ0n) is 15.7. The van der Waals surface area contributed by atoms with Crippen LogP contribution in [0.4, 0.5) is 27.4 Å². The highest BCUT2D eigenvalue weighted by molar-refractivity contribution is 6.31. The lowest BCUT2D eigenvalue weighted by atomic mass is 10.1. The van der Waals surface area contributed by atoms with Crippen molar-refractivity contribution in [1.82, 2.24) is 9.97 Å². The summed E-state index contributed by atoms with van der Waals surface area (Å²) in [5.41, 5.74) is 0.174. The molecule has 1 aromatic heterocycles. The van der Waals surface area contributed by atoms with Crippen LogP contribution >= 0.6 is 11.6 Å². The summed E-state index contributed by atoms with van der Waals surface area (Å²) < 4.78 is 13.4. The number of nitrogens with one attached hydrogen (secondary N) is 1. The number of benzene rings is 1. The van der Waals surface area contributed by atoms with E-state index in [0.717, 1.165) is 0 Å². The summed E-state index contributed by atoms with van der Waals surface area (Å²) in [7, 11) is 0. The second-order valence-corrected chi connectivity index (χ2v) is 7.51. The lowest BCUT2D eigenvalue weighted by molar-refractivity contribution is -0.383. The summed E-state index contributed by atoms with van der Waals surface area (Å²) >= 11 is 5.79. The van der Waals surface area contributed by atoms with Crippen LogP contribution in [0.15, 0.2) is 24.5 Å². The minimum atomic E-state index is -0.569. The maximum atomic E-state index is 13.4. The minimum absolute atomic E-state index is 0.0326. The highest BCUT2D eigenvalue weighted by atomic mass is 35.5. The number of nitro groups is 1. The predicted molar refractivity (Wildman–Crippen MR) is 105 cm³/mol. The van der Waals surface area contributed by atoms with Crippen LogP contribution in [0.5, 0.6) is 0 Å². The molecule has 2 rings (SSSR count). The topological polar surface area (TPSA) is 84.2 Å². The second kappa shape index (κ2) is 8.94. The van der Waals surface area contributed by atoms with Crippen LogP contribution in [-0.4, -0.2) is 28.0 Å². The van der Waals surface area contributed by atoms with Crippen molar-refractivity contribution in [3.05, 3.63) is 45.5 Å². The Labute approximate surface area is 162 Å². The fraction of sp³-hybridized carbons (Fsp3) is 0.444. The second-order valence-electron chi connectivity index (χ2n) is 7.10. The van der Waals surface area contributed by atoms with Crippen molar-refractivity contribution in [3.8, 4) is 0 Å². The smallest absolute Gasteiger partial charge is 0.350 e. The molecule has 1 N–H and O–H groups in total. The van der Waals surface area contributed by atoms with E-state index in [-0.39, 0.29) is 22.3 Å². The number of halogens is 2. The van der Waals surface area contributed by atoms with Crippen molar-refractivity contribution in [3.63, 3.8) is 0 Å². The highest BCUT2D eigenvalue weighted by Crippen LogP contribution is 2.34. The highest BCUT2D eigenvalue weighted by Gasteiger charge is 2.28. The Morgan fingerprint density at radius 2 is 1.85 bits per heavy atom. The molecule has 0 amide bonds. The number of aromatic nitrogens is 2. The van der Waals surface area contributed by atoms with Crippen molar-refractivity contribution >= 4 is 34.6 Å². The van der Waals surface area contributed by atoms with E-state index in [9.17, 15) is 14.5 Å². The predicted octanol–water partition coefficient (Wildman–Crippen LogP) is 5.04. The molecule has 0 unspecified atom stereocenters. The first-order valence-electron chi connectivity index (χ1n) is 8.65. The molecule has 0 aliphatic carbocycles. The van der Waals surface area contributed by atoms with Gasteiger partial charge in [0.1, 0.15) is 12.1 Å². The van der Waals surface area contributed by atoms with E-state index in [4.69, 9.17) is 11.6 Å². The Kier molecular flexibility index (Phi) is 6.90. The molecule has 1 heterocycles. The van der Waals surface area contributed by atoms with Crippen LogP contribution in [0, 0.1) is 27.8 Å². The van der Waals surface area contributed by atoms with E-state index in [1.165, 1.54) is 24.5 Å². The van der Waals surface area contributed by atoms with Gasteiger partial charge in [-0.15, -0.1) is 0 Å². The fourth-order valence-corrected chi connectivity index (χ4v) is 2.88. The van der Waals surface area contributed by atoms with Crippen molar-refractivity contribution in [2.24, 2.45) is 11.8 Å². The van der Waals surface area contributed by atoms with Crippen LogP contribution in [0.25, 0.3) is 0 Å². The number of hydrogen-bond acceptors (Lipinski definition) is 6. The van der Waals surface area contributed by atoms with Crippen LogP contribution in [0.2, 0.25) is 5.02 Å². The summed E-state index contributed by atoms with van der Waals surface area (Å²) in [6.07, 6.45) is 1.28. The Morgan fingerprint density at radius 1 is 1.22 bits per heavy atom. The number of nitrogens with zero attached hydrogens (tertiary/aromatic N) is 4. The Bertz CT molecular complexity index is 806. The van der Waals surface area contributed by atoms with Gasteiger partial charge in [0.15, 0.2) is 0 Å². The van der Waals surface area contributed by atoms with E-state index < -0.39 is 10.7 Å². The lowest BCUT2D eigenvalue weighted by Crippen LogP contribution is -2.32. The van der Waals surface area contributed by atoms with Gasteiger partial charge >= 0.3 is 5.69 Å². The molecule has 9 heteroatoms. The van der Waals surface area contributed by atoms with Gasteiger partial charge in [-0.3, -0.25) is 10.1 Å². The van der Waals surface area contributed by atoms with Gasteiger partial charge in [0, 0.05) is 18.8 Å². The average molecular weight is 396 g/mol. The fourth-order valence-electron chi connectivity index (χ4n) is 2.70. The van der Waals surface area contributed by atoms with Crippen LogP contribution in [-0.2, 0) is 0 Å². The van der Waals surface area contributed by atoms with Crippen LogP contribution < -0.4 is 10.2 Å². The molecular formula is C18H23ClFN5O2. The molecular weight excluding hydrogens is 373 g/mol. The van der Waals surface area contributed by atoms with Gasteiger partial charge < -0.3 is 10.2 Å². The normalized spacial score (nSPS) is 11.1. The molecule has 27 heavy (non-hydrogen) atoms. The SMILES string of the molecule is CC(C)CN(CC(C)C)c1ncnc(Nc2ccc(F)c(Cl)c2)c1[N+](=O)[O-]. The summed E-state index contributed by atoms with van der Waals surface area (Å²) in [5, 5.41) is 14.6. The number of hydrogen-bond donors (Lipinski definition) is 1.